The fourth-order valence-corrected chi connectivity index (χ4v) is 3.25. The van der Waals surface area contributed by atoms with E-state index >= 15 is 0 Å². The monoisotopic (exact) mass is 394 g/mol. The molecule has 1 aliphatic carbocycles. The third-order valence-corrected chi connectivity index (χ3v) is 4.78. The maximum Gasteiger partial charge on any atom is 0.418 e. The Labute approximate surface area is 164 Å². The standard InChI is InChI=1S/C11H11F3N2.C8H12N2.C2H6/c1-6(2)10-15-8-5-3-4-7(9(8)16-10)11(12,13)14;1-5-3-4-7-6(2)9-10-8(5)7;1-2/h3-6H,1-2H3,(H,15,16);5H,3-4H2,1-2H3,(H,9,10);1-2H3. The molecule has 0 fully saturated rings. The van der Waals surface area contributed by atoms with Crippen LogP contribution in [0.4, 0.5) is 13.2 Å². The molecule has 3 aromatic rings. The summed E-state index contributed by atoms with van der Waals surface area (Å²) < 4.78 is 38.0. The number of benzene rings is 1. The lowest BCUT2D eigenvalue weighted by Gasteiger charge is -2.06. The number of fused-ring (bicyclic) bond motifs is 2. The fraction of sp³-hybridized carbons (Fsp3) is 0.524. The third kappa shape index (κ3) is 4.56. The first-order valence-electron chi connectivity index (χ1n) is 9.78. The van der Waals surface area contributed by atoms with Gasteiger partial charge >= 0.3 is 6.18 Å². The summed E-state index contributed by atoms with van der Waals surface area (Å²) in [7, 11) is 0. The number of aromatic nitrogens is 4. The summed E-state index contributed by atoms with van der Waals surface area (Å²) in [5, 5.41) is 7.27. The molecule has 0 amide bonds. The number of alkyl halides is 3. The predicted molar refractivity (Wildman–Crippen MR) is 107 cm³/mol. The summed E-state index contributed by atoms with van der Waals surface area (Å²) >= 11 is 0. The van der Waals surface area contributed by atoms with Gasteiger partial charge in [-0.15, -0.1) is 0 Å². The smallest absolute Gasteiger partial charge is 0.342 e. The number of H-pyrrole nitrogens is 2. The predicted octanol–water partition coefficient (Wildman–Crippen LogP) is 6.50. The van der Waals surface area contributed by atoms with Crippen LogP contribution in [0.15, 0.2) is 18.2 Å². The molecule has 2 aromatic heterocycles. The number of imidazole rings is 1. The van der Waals surface area contributed by atoms with Crippen molar-refractivity contribution in [3.63, 3.8) is 0 Å². The molecule has 154 valence electrons. The Morgan fingerprint density at radius 3 is 2.43 bits per heavy atom. The molecular weight excluding hydrogens is 365 g/mol. The first kappa shape index (κ1) is 22.0. The van der Waals surface area contributed by atoms with Gasteiger partial charge in [-0.3, -0.25) is 5.10 Å². The molecule has 4 nitrogen and oxygen atoms in total. The number of nitrogens with one attached hydrogen (secondary N) is 2. The van der Waals surface area contributed by atoms with Crippen LogP contribution in [0, 0.1) is 6.92 Å². The highest BCUT2D eigenvalue weighted by Crippen LogP contribution is 2.34. The second kappa shape index (κ2) is 8.80. The number of halogens is 3. The molecule has 7 heteroatoms. The molecule has 2 heterocycles. The molecule has 0 radical (unpaired) electrons. The van der Waals surface area contributed by atoms with E-state index in [1.165, 1.54) is 35.9 Å². The molecule has 0 spiro atoms. The van der Waals surface area contributed by atoms with Crippen LogP contribution in [-0.2, 0) is 12.6 Å². The van der Waals surface area contributed by atoms with E-state index in [-0.39, 0.29) is 11.4 Å². The van der Waals surface area contributed by atoms with Crippen LogP contribution >= 0.6 is 0 Å². The van der Waals surface area contributed by atoms with Crippen LogP contribution in [0.5, 0.6) is 0 Å². The molecule has 4 rings (SSSR count). The number of aryl methyl sites for hydroxylation is 1. The second-order valence-corrected chi connectivity index (χ2v) is 7.13. The molecule has 1 unspecified atom stereocenters. The average Bonchev–Trinajstić information content (AvgIpc) is 3.33. The van der Waals surface area contributed by atoms with E-state index in [4.69, 9.17) is 0 Å². The van der Waals surface area contributed by atoms with Crippen LogP contribution in [0.25, 0.3) is 11.0 Å². The minimum Gasteiger partial charge on any atom is -0.342 e. The highest BCUT2D eigenvalue weighted by Gasteiger charge is 2.33. The van der Waals surface area contributed by atoms with Crippen LogP contribution in [-0.4, -0.2) is 20.2 Å². The zero-order valence-corrected chi connectivity index (χ0v) is 17.3. The van der Waals surface area contributed by atoms with Crippen molar-refractivity contribution >= 4 is 11.0 Å². The van der Waals surface area contributed by atoms with Gasteiger partial charge in [0.2, 0.25) is 0 Å². The van der Waals surface area contributed by atoms with Crippen LogP contribution in [0.2, 0.25) is 0 Å². The Morgan fingerprint density at radius 1 is 1.18 bits per heavy atom. The number of hydrogen-bond donors (Lipinski definition) is 2. The van der Waals surface area contributed by atoms with Gasteiger partial charge in [-0.1, -0.05) is 40.7 Å². The Hall–Kier alpha value is -2.31. The largest absolute Gasteiger partial charge is 0.418 e. The van der Waals surface area contributed by atoms with Gasteiger partial charge in [0.15, 0.2) is 0 Å². The SMILES string of the molecule is CC.CC(C)c1nc2c(C(F)(F)F)cccc2[nH]1.Cc1[nH]nc2c1CCC2C. The van der Waals surface area contributed by atoms with Crippen LogP contribution < -0.4 is 0 Å². The van der Waals surface area contributed by atoms with Crippen LogP contribution in [0.3, 0.4) is 0 Å². The minimum atomic E-state index is -4.36. The zero-order chi connectivity index (χ0) is 21.1. The number of para-hydroxylation sites is 1. The van der Waals surface area contributed by atoms with E-state index < -0.39 is 11.7 Å². The zero-order valence-electron chi connectivity index (χ0n) is 17.3. The molecular formula is C21H29F3N4. The van der Waals surface area contributed by atoms with Crippen LogP contribution in [0.1, 0.15) is 81.2 Å². The maximum absolute atomic E-state index is 12.7. The molecule has 1 atom stereocenters. The van der Waals surface area contributed by atoms with Crippen molar-refractivity contribution in [1.29, 1.82) is 0 Å². The first-order valence-corrected chi connectivity index (χ1v) is 9.78. The Bertz CT molecular complexity index is 906. The Morgan fingerprint density at radius 2 is 1.86 bits per heavy atom. The molecule has 1 aliphatic rings. The van der Waals surface area contributed by atoms with Crippen molar-refractivity contribution in [2.24, 2.45) is 0 Å². The number of rotatable bonds is 1. The van der Waals surface area contributed by atoms with Crippen molar-refractivity contribution in [1.82, 2.24) is 20.2 Å². The summed E-state index contributed by atoms with van der Waals surface area (Å²) in [5.41, 5.74) is 3.77. The van der Waals surface area contributed by atoms with Crippen molar-refractivity contribution in [2.45, 2.75) is 72.4 Å². The van der Waals surface area contributed by atoms with Crippen molar-refractivity contribution < 1.29 is 13.2 Å². The van der Waals surface area contributed by atoms with E-state index in [1.807, 2.05) is 27.7 Å². The van der Waals surface area contributed by atoms with E-state index in [0.29, 0.717) is 17.3 Å². The van der Waals surface area contributed by atoms with E-state index in [0.717, 1.165) is 6.07 Å². The van der Waals surface area contributed by atoms with Gasteiger partial charge in [-0.05, 0) is 37.5 Å². The van der Waals surface area contributed by atoms with Gasteiger partial charge in [-0.2, -0.15) is 18.3 Å². The third-order valence-electron chi connectivity index (χ3n) is 4.78. The highest BCUT2D eigenvalue weighted by atomic mass is 19.4. The van der Waals surface area contributed by atoms with Gasteiger partial charge in [0.05, 0.1) is 16.8 Å². The molecule has 0 aliphatic heterocycles. The average molecular weight is 394 g/mol. The normalized spacial score (nSPS) is 15.7. The van der Waals surface area contributed by atoms with Crippen molar-refractivity contribution in [3.8, 4) is 0 Å². The van der Waals surface area contributed by atoms with Crippen molar-refractivity contribution in [2.75, 3.05) is 0 Å². The van der Waals surface area contributed by atoms with Gasteiger partial charge in [0, 0.05) is 17.5 Å². The van der Waals surface area contributed by atoms with E-state index in [1.54, 1.807) is 6.07 Å². The van der Waals surface area contributed by atoms with E-state index in [2.05, 4.69) is 34.0 Å². The quantitative estimate of drug-likeness (QED) is 0.495. The van der Waals surface area contributed by atoms with Gasteiger partial charge < -0.3 is 4.98 Å². The lowest BCUT2D eigenvalue weighted by atomic mass is 10.1. The second-order valence-electron chi connectivity index (χ2n) is 7.13. The topological polar surface area (TPSA) is 57.4 Å². The fourth-order valence-electron chi connectivity index (χ4n) is 3.25. The highest BCUT2D eigenvalue weighted by molar-refractivity contribution is 5.79. The molecule has 0 bridgehead atoms. The van der Waals surface area contributed by atoms with Crippen molar-refractivity contribution in [3.05, 3.63) is 46.5 Å². The number of hydrogen-bond acceptors (Lipinski definition) is 2. The minimum absolute atomic E-state index is 0.00120. The summed E-state index contributed by atoms with van der Waals surface area (Å²) in [6.45, 7) is 12.1. The summed E-state index contributed by atoms with van der Waals surface area (Å²) in [6.07, 6.45) is -1.85. The number of aromatic amines is 2. The molecule has 28 heavy (non-hydrogen) atoms. The lowest BCUT2D eigenvalue weighted by Crippen LogP contribution is -2.05. The molecule has 0 saturated carbocycles. The van der Waals surface area contributed by atoms with E-state index in [9.17, 15) is 13.2 Å². The number of nitrogens with zero attached hydrogens (tertiary/aromatic N) is 2. The maximum atomic E-state index is 12.7. The molecule has 1 aromatic carbocycles. The molecule has 2 N–H and O–H groups in total. The molecule has 0 saturated heterocycles. The van der Waals surface area contributed by atoms with Gasteiger partial charge in [-0.25, -0.2) is 4.98 Å². The Balaban J connectivity index is 0.000000200. The first-order chi connectivity index (χ1) is 13.2. The Kier molecular flexibility index (Phi) is 6.91. The lowest BCUT2D eigenvalue weighted by molar-refractivity contribution is -0.136. The summed E-state index contributed by atoms with van der Waals surface area (Å²) in [5.74, 6) is 1.33. The van der Waals surface area contributed by atoms with Gasteiger partial charge in [0.25, 0.3) is 0 Å². The summed E-state index contributed by atoms with van der Waals surface area (Å²) in [6, 6.07) is 4.03. The van der Waals surface area contributed by atoms with Gasteiger partial charge in [0.1, 0.15) is 11.3 Å². The summed E-state index contributed by atoms with van der Waals surface area (Å²) in [4.78, 5) is 6.90.